The van der Waals surface area contributed by atoms with Crippen LogP contribution in [0.25, 0.3) is 11.1 Å². The molecule has 1 aliphatic rings. The van der Waals surface area contributed by atoms with Crippen LogP contribution in [0.15, 0.2) is 30.3 Å². The van der Waals surface area contributed by atoms with E-state index >= 15 is 0 Å². The monoisotopic (exact) mass is 250 g/mol. The van der Waals surface area contributed by atoms with Gasteiger partial charge in [-0.15, -0.1) is 0 Å². The minimum atomic E-state index is 0.211. The van der Waals surface area contributed by atoms with E-state index in [-0.39, 0.29) is 5.41 Å². The first kappa shape index (κ1) is 12.5. The molecule has 0 saturated heterocycles. The highest BCUT2D eigenvalue weighted by Crippen LogP contribution is 2.44. The molecular formula is C19H22. The number of rotatable bonds is 0. The number of benzene rings is 2. The van der Waals surface area contributed by atoms with Gasteiger partial charge in [0.1, 0.15) is 0 Å². The Morgan fingerprint density at radius 3 is 2.32 bits per heavy atom. The molecule has 0 fully saturated rings. The number of hydrogen-bond acceptors (Lipinski definition) is 0. The normalized spacial score (nSPS) is 13.3. The second kappa shape index (κ2) is 3.96. The molecule has 2 aromatic carbocycles. The molecule has 0 aliphatic heterocycles. The van der Waals surface area contributed by atoms with Crippen molar-refractivity contribution in [3.63, 3.8) is 0 Å². The van der Waals surface area contributed by atoms with Crippen LogP contribution in [0.5, 0.6) is 0 Å². The average molecular weight is 250 g/mol. The standard InChI is InChI=1S/C19H22/c1-12-10-16-15-9-7-6-8-14(15)11-17(16)18(13(12)2)19(3,4)5/h6-10H,11H2,1-5H3. The SMILES string of the molecule is Cc1cc2c(c(C(C)(C)C)c1C)Cc1ccccc1-2. The van der Waals surface area contributed by atoms with Crippen LogP contribution in [0.4, 0.5) is 0 Å². The summed E-state index contributed by atoms with van der Waals surface area (Å²) in [4.78, 5) is 0. The first-order valence-corrected chi connectivity index (χ1v) is 7.11. The van der Waals surface area contributed by atoms with Crippen molar-refractivity contribution >= 4 is 0 Å². The minimum Gasteiger partial charge on any atom is -0.0619 e. The molecule has 2 aromatic rings. The van der Waals surface area contributed by atoms with Crippen LogP contribution in [0.1, 0.15) is 48.6 Å². The summed E-state index contributed by atoms with van der Waals surface area (Å²) < 4.78 is 0. The van der Waals surface area contributed by atoms with Gasteiger partial charge in [0.15, 0.2) is 0 Å². The molecular weight excluding hydrogens is 228 g/mol. The topological polar surface area (TPSA) is 0 Å². The Morgan fingerprint density at radius 1 is 0.947 bits per heavy atom. The van der Waals surface area contributed by atoms with Gasteiger partial charge < -0.3 is 0 Å². The maximum Gasteiger partial charge on any atom is -0.00104 e. The largest absolute Gasteiger partial charge is 0.0619 e. The summed E-state index contributed by atoms with van der Waals surface area (Å²) in [6.07, 6.45) is 1.10. The van der Waals surface area contributed by atoms with Crippen LogP contribution in [0, 0.1) is 13.8 Å². The zero-order valence-corrected chi connectivity index (χ0v) is 12.6. The molecule has 1 aliphatic carbocycles. The average Bonchev–Trinajstić information content (AvgIpc) is 2.66. The summed E-state index contributed by atoms with van der Waals surface area (Å²) in [6, 6.07) is 11.2. The summed E-state index contributed by atoms with van der Waals surface area (Å²) in [5.74, 6) is 0. The molecule has 0 radical (unpaired) electrons. The van der Waals surface area contributed by atoms with E-state index in [2.05, 4.69) is 65.0 Å². The highest BCUT2D eigenvalue weighted by atomic mass is 14.3. The minimum absolute atomic E-state index is 0.211. The summed E-state index contributed by atoms with van der Waals surface area (Å²) in [7, 11) is 0. The van der Waals surface area contributed by atoms with Gasteiger partial charge in [-0.05, 0) is 64.6 Å². The zero-order valence-electron chi connectivity index (χ0n) is 12.6. The molecule has 0 bridgehead atoms. The Kier molecular flexibility index (Phi) is 2.60. The fourth-order valence-electron chi connectivity index (χ4n) is 3.54. The predicted octanol–water partition coefficient (Wildman–Crippen LogP) is 5.17. The first-order valence-electron chi connectivity index (χ1n) is 7.11. The van der Waals surface area contributed by atoms with E-state index in [1.165, 1.54) is 27.8 Å². The lowest BCUT2D eigenvalue weighted by Gasteiger charge is -2.27. The fraction of sp³-hybridized carbons (Fsp3) is 0.368. The molecule has 0 heteroatoms. The van der Waals surface area contributed by atoms with Gasteiger partial charge in [-0.3, -0.25) is 0 Å². The molecule has 3 rings (SSSR count). The van der Waals surface area contributed by atoms with E-state index in [9.17, 15) is 0 Å². The van der Waals surface area contributed by atoms with Crippen molar-refractivity contribution in [3.05, 3.63) is 58.1 Å². The maximum atomic E-state index is 2.38. The Bertz CT molecular complexity index is 654. The summed E-state index contributed by atoms with van der Waals surface area (Å²) in [6.45, 7) is 11.5. The second-order valence-corrected chi connectivity index (χ2v) is 6.80. The molecule has 98 valence electrons. The van der Waals surface area contributed by atoms with Crippen LogP contribution in [0.3, 0.4) is 0 Å². The van der Waals surface area contributed by atoms with Crippen molar-refractivity contribution in [3.8, 4) is 11.1 Å². The lowest BCUT2D eigenvalue weighted by molar-refractivity contribution is 0.580. The zero-order chi connectivity index (χ0) is 13.8. The molecule has 0 spiro atoms. The van der Waals surface area contributed by atoms with Crippen molar-refractivity contribution in [2.45, 2.75) is 46.5 Å². The molecule has 0 amide bonds. The quantitative estimate of drug-likeness (QED) is 0.516. The molecule has 0 N–H and O–H groups in total. The highest BCUT2D eigenvalue weighted by molar-refractivity contribution is 5.79. The summed E-state index contributed by atoms with van der Waals surface area (Å²) in [5, 5.41) is 0. The third-order valence-electron chi connectivity index (χ3n) is 4.38. The van der Waals surface area contributed by atoms with Gasteiger partial charge in [-0.2, -0.15) is 0 Å². The van der Waals surface area contributed by atoms with Crippen LogP contribution in [-0.2, 0) is 11.8 Å². The van der Waals surface area contributed by atoms with Gasteiger partial charge in [0.25, 0.3) is 0 Å². The van der Waals surface area contributed by atoms with Gasteiger partial charge in [0.2, 0.25) is 0 Å². The lowest BCUT2D eigenvalue weighted by Crippen LogP contribution is -2.17. The third kappa shape index (κ3) is 1.82. The summed E-state index contributed by atoms with van der Waals surface area (Å²) >= 11 is 0. The molecule has 0 heterocycles. The van der Waals surface area contributed by atoms with Crippen LogP contribution >= 0.6 is 0 Å². The van der Waals surface area contributed by atoms with Crippen LogP contribution < -0.4 is 0 Å². The molecule has 0 nitrogen and oxygen atoms in total. The predicted molar refractivity (Wildman–Crippen MR) is 82.9 cm³/mol. The van der Waals surface area contributed by atoms with Crippen LogP contribution in [0.2, 0.25) is 0 Å². The van der Waals surface area contributed by atoms with Gasteiger partial charge in [0, 0.05) is 0 Å². The first-order chi connectivity index (χ1) is 8.89. The Morgan fingerprint density at radius 2 is 1.63 bits per heavy atom. The van der Waals surface area contributed by atoms with E-state index in [1.54, 1.807) is 11.1 Å². The van der Waals surface area contributed by atoms with E-state index in [0.29, 0.717) is 0 Å². The van der Waals surface area contributed by atoms with Gasteiger partial charge in [-0.25, -0.2) is 0 Å². The second-order valence-electron chi connectivity index (χ2n) is 6.80. The Balaban J connectivity index is 2.35. The molecule has 0 aromatic heterocycles. The smallest absolute Gasteiger partial charge is 0.00104 e. The fourth-order valence-corrected chi connectivity index (χ4v) is 3.54. The van der Waals surface area contributed by atoms with Crippen molar-refractivity contribution in [2.75, 3.05) is 0 Å². The lowest BCUT2D eigenvalue weighted by atomic mass is 9.78. The van der Waals surface area contributed by atoms with Gasteiger partial charge in [-0.1, -0.05) is 51.1 Å². The number of fused-ring (bicyclic) bond motifs is 3. The van der Waals surface area contributed by atoms with Crippen molar-refractivity contribution in [1.29, 1.82) is 0 Å². The molecule has 0 atom stereocenters. The number of hydrogen-bond donors (Lipinski definition) is 0. The van der Waals surface area contributed by atoms with Crippen molar-refractivity contribution in [1.82, 2.24) is 0 Å². The van der Waals surface area contributed by atoms with E-state index in [0.717, 1.165) is 6.42 Å². The van der Waals surface area contributed by atoms with E-state index in [1.807, 2.05) is 0 Å². The van der Waals surface area contributed by atoms with E-state index < -0.39 is 0 Å². The molecule has 19 heavy (non-hydrogen) atoms. The third-order valence-corrected chi connectivity index (χ3v) is 4.38. The van der Waals surface area contributed by atoms with Gasteiger partial charge >= 0.3 is 0 Å². The maximum absolute atomic E-state index is 2.38. The Labute approximate surface area is 116 Å². The van der Waals surface area contributed by atoms with Crippen molar-refractivity contribution < 1.29 is 0 Å². The molecule has 0 unspecified atom stereocenters. The molecule has 0 saturated carbocycles. The highest BCUT2D eigenvalue weighted by Gasteiger charge is 2.28. The Hall–Kier alpha value is -1.56. The van der Waals surface area contributed by atoms with Gasteiger partial charge in [0.05, 0.1) is 0 Å². The van der Waals surface area contributed by atoms with Crippen molar-refractivity contribution in [2.24, 2.45) is 0 Å². The summed E-state index contributed by atoms with van der Waals surface area (Å²) in [5.41, 5.74) is 10.6. The van der Waals surface area contributed by atoms with Crippen LogP contribution in [-0.4, -0.2) is 0 Å². The van der Waals surface area contributed by atoms with E-state index in [4.69, 9.17) is 0 Å². The number of aryl methyl sites for hydroxylation is 1.